The fraction of sp³-hybridized carbons (Fsp3) is 0.409. The largest absolute Gasteiger partial charge is 0.469 e. The van der Waals surface area contributed by atoms with E-state index in [9.17, 15) is 4.79 Å². The molecule has 1 N–H and O–H groups in total. The van der Waals surface area contributed by atoms with E-state index >= 15 is 0 Å². The molecule has 0 bridgehead atoms. The standard InChI is InChI=1S/C22H24N4O4S/c1-14-16(8-11-28-14)20-24-25-21(26(20)2)31-13-19(27)23-15-6-7-17-18(12-15)30-22(29-17)9-4-3-5-10-22/h6-8,11-12H,3-5,9-10,13H2,1-2H3,(H,23,27). The number of benzene rings is 1. The predicted molar refractivity (Wildman–Crippen MR) is 116 cm³/mol. The molecule has 162 valence electrons. The Morgan fingerprint density at radius 3 is 2.74 bits per heavy atom. The van der Waals surface area contributed by atoms with Gasteiger partial charge in [0.2, 0.25) is 5.91 Å². The van der Waals surface area contributed by atoms with E-state index < -0.39 is 5.79 Å². The molecule has 5 rings (SSSR count). The van der Waals surface area contributed by atoms with Crippen LogP contribution in [0.4, 0.5) is 5.69 Å². The van der Waals surface area contributed by atoms with E-state index in [2.05, 4.69) is 15.5 Å². The van der Waals surface area contributed by atoms with Crippen molar-refractivity contribution < 1.29 is 18.7 Å². The molecule has 0 radical (unpaired) electrons. The normalized spacial score (nSPS) is 16.6. The number of nitrogens with zero attached hydrogens (tertiary/aromatic N) is 3. The lowest BCUT2D eigenvalue weighted by molar-refractivity contribution is -0.113. The molecule has 3 aromatic rings. The first-order chi connectivity index (χ1) is 15.0. The Morgan fingerprint density at radius 2 is 1.97 bits per heavy atom. The van der Waals surface area contributed by atoms with Gasteiger partial charge in [-0.05, 0) is 38.0 Å². The maximum atomic E-state index is 12.5. The van der Waals surface area contributed by atoms with Crippen molar-refractivity contribution in [3.63, 3.8) is 0 Å². The molecule has 31 heavy (non-hydrogen) atoms. The summed E-state index contributed by atoms with van der Waals surface area (Å²) in [5.74, 6) is 2.50. The summed E-state index contributed by atoms with van der Waals surface area (Å²) < 4.78 is 19.4. The van der Waals surface area contributed by atoms with Gasteiger partial charge in [-0.25, -0.2) is 0 Å². The first kappa shape index (κ1) is 20.0. The number of rotatable bonds is 5. The molecule has 0 saturated heterocycles. The van der Waals surface area contributed by atoms with E-state index in [-0.39, 0.29) is 11.7 Å². The predicted octanol–water partition coefficient (Wildman–Crippen LogP) is 4.55. The van der Waals surface area contributed by atoms with Crippen LogP contribution in [0, 0.1) is 6.92 Å². The number of aryl methyl sites for hydroxylation is 1. The second kappa shape index (κ2) is 7.96. The average molecular weight is 441 g/mol. The number of carbonyl (C=O) groups is 1. The fourth-order valence-corrected chi connectivity index (χ4v) is 4.80. The zero-order valence-corrected chi connectivity index (χ0v) is 18.3. The first-order valence-electron chi connectivity index (χ1n) is 10.4. The number of anilines is 1. The molecule has 1 aliphatic heterocycles. The minimum Gasteiger partial charge on any atom is -0.469 e. The SMILES string of the molecule is Cc1occc1-c1nnc(SCC(=O)Nc2ccc3c(c2)OC2(CCCCC2)O3)n1C. The summed E-state index contributed by atoms with van der Waals surface area (Å²) in [6.45, 7) is 1.88. The van der Waals surface area contributed by atoms with E-state index in [1.54, 1.807) is 6.26 Å². The molecule has 1 amide bonds. The number of furan rings is 1. The van der Waals surface area contributed by atoms with Crippen LogP contribution in [-0.2, 0) is 11.8 Å². The van der Waals surface area contributed by atoms with Crippen molar-refractivity contribution in [3.05, 3.63) is 36.3 Å². The van der Waals surface area contributed by atoms with Crippen LogP contribution in [-0.4, -0.2) is 32.2 Å². The van der Waals surface area contributed by atoms with Crippen LogP contribution < -0.4 is 14.8 Å². The van der Waals surface area contributed by atoms with Crippen LogP contribution >= 0.6 is 11.8 Å². The number of nitrogens with one attached hydrogen (secondary N) is 1. The summed E-state index contributed by atoms with van der Waals surface area (Å²) >= 11 is 1.33. The van der Waals surface area contributed by atoms with Crippen LogP contribution in [0.5, 0.6) is 11.5 Å². The Hall–Kier alpha value is -2.94. The summed E-state index contributed by atoms with van der Waals surface area (Å²) in [4.78, 5) is 12.5. The van der Waals surface area contributed by atoms with Gasteiger partial charge in [-0.2, -0.15) is 0 Å². The van der Waals surface area contributed by atoms with Crippen molar-refractivity contribution in [2.24, 2.45) is 7.05 Å². The Labute approximate surface area is 184 Å². The molecule has 8 nitrogen and oxygen atoms in total. The molecule has 1 aromatic carbocycles. The van der Waals surface area contributed by atoms with Gasteiger partial charge >= 0.3 is 0 Å². The quantitative estimate of drug-likeness (QED) is 0.582. The molecule has 3 heterocycles. The summed E-state index contributed by atoms with van der Waals surface area (Å²) in [5, 5.41) is 12.0. The molecule has 1 fully saturated rings. The van der Waals surface area contributed by atoms with Gasteiger partial charge in [-0.1, -0.05) is 18.2 Å². The topological polar surface area (TPSA) is 91.4 Å². The van der Waals surface area contributed by atoms with Gasteiger partial charge in [-0.15, -0.1) is 10.2 Å². The fourth-order valence-electron chi connectivity index (χ4n) is 4.09. The van der Waals surface area contributed by atoms with Crippen LogP contribution in [0.25, 0.3) is 11.4 Å². The maximum Gasteiger partial charge on any atom is 0.251 e. The van der Waals surface area contributed by atoms with Gasteiger partial charge in [0, 0.05) is 31.6 Å². The summed E-state index contributed by atoms with van der Waals surface area (Å²) in [6.07, 6.45) is 6.87. The number of thioether (sulfide) groups is 1. The second-order valence-corrected chi connectivity index (χ2v) is 8.87. The number of carbonyl (C=O) groups excluding carboxylic acids is 1. The Bertz CT molecular complexity index is 1120. The van der Waals surface area contributed by atoms with Crippen molar-refractivity contribution in [2.45, 2.75) is 50.0 Å². The van der Waals surface area contributed by atoms with Crippen molar-refractivity contribution in [2.75, 3.05) is 11.1 Å². The van der Waals surface area contributed by atoms with Crippen molar-refractivity contribution in [1.29, 1.82) is 0 Å². The minimum absolute atomic E-state index is 0.125. The Kier molecular flexibility index (Phi) is 5.13. The molecule has 2 aromatic heterocycles. The summed E-state index contributed by atoms with van der Waals surface area (Å²) in [7, 11) is 1.88. The molecular formula is C22H24N4O4S. The van der Waals surface area contributed by atoms with Crippen LogP contribution in [0.2, 0.25) is 0 Å². The second-order valence-electron chi connectivity index (χ2n) is 7.93. The number of ether oxygens (including phenoxy) is 2. The summed E-state index contributed by atoms with van der Waals surface area (Å²) in [6, 6.07) is 7.40. The lowest BCUT2D eigenvalue weighted by atomic mass is 9.94. The number of hydrogen-bond acceptors (Lipinski definition) is 7. The molecule has 0 atom stereocenters. The Balaban J connectivity index is 1.20. The summed E-state index contributed by atoms with van der Waals surface area (Å²) in [5.41, 5.74) is 1.58. The van der Waals surface area contributed by atoms with Gasteiger partial charge in [-0.3, -0.25) is 4.79 Å². The van der Waals surface area contributed by atoms with Gasteiger partial charge in [0.05, 0.1) is 17.6 Å². The number of hydrogen-bond donors (Lipinski definition) is 1. The van der Waals surface area contributed by atoms with Crippen molar-refractivity contribution in [1.82, 2.24) is 14.8 Å². The number of fused-ring (bicyclic) bond motifs is 1. The molecule has 2 aliphatic rings. The third kappa shape index (κ3) is 3.89. The Morgan fingerprint density at radius 1 is 1.16 bits per heavy atom. The molecule has 1 spiro atoms. The molecule has 9 heteroatoms. The zero-order chi connectivity index (χ0) is 21.4. The van der Waals surface area contributed by atoms with Gasteiger partial charge < -0.3 is 23.8 Å². The highest BCUT2D eigenvalue weighted by Crippen LogP contribution is 2.46. The molecule has 1 aliphatic carbocycles. The lowest BCUT2D eigenvalue weighted by Gasteiger charge is -2.31. The highest BCUT2D eigenvalue weighted by atomic mass is 32.2. The first-order valence-corrected chi connectivity index (χ1v) is 11.4. The minimum atomic E-state index is -0.519. The maximum absolute atomic E-state index is 12.5. The average Bonchev–Trinajstić information content (AvgIpc) is 3.43. The van der Waals surface area contributed by atoms with Crippen LogP contribution in [0.1, 0.15) is 37.9 Å². The van der Waals surface area contributed by atoms with Crippen LogP contribution in [0.3, 0.4) is 0 Å². The number of aromatic nitrogens is 3. The molecular weight excluding hydrogens is 416 g/mol. The smallest absolute Gasteiger partial charge is 0.251 e. The zero-order valence-electron chi connectivity index (χ0n) is 17.5. The third-order valence-corrected chi connectivity index (χ3v) is 6.72. The van der Waals surface area contributed by atoms with E-state index in [0.717, 1.165) is 42.8 Å². The molecule has 1 saturated carbocycles. The van der Waals surface area contributed by atoms with E-state index in [1.165, 1.54) is 18.2 Å². The van der Waals surface area contributed by atoms with Gasteiger partial charge in [0.15, 0.2) is 22.5 Å². The number of amides is 1. The van der Waals surface area contributed by atoms with E-state index in [1.807, 2.05) is 42.8 Å². The van der Waals surface area contributed by atoms with E-state index in [0.29, 0.717) is 22.4 Å². The highest BCUT2D eigenvalue weighted by molar-refractivity contribution is 7.99. The van der Waals surface area contributed by atoms with Crippen LogP contribution in [0.15, 0.2) is 40.1 Å². The third-order valence-electron chi connectivity index (χ3n) is 5.70. The van der Waals surface area contributed by atoms with Crippen molar-refractivity contribution >= 4 is 23.4 Å². The highest BCUT2D eigenvalue weighted by Gasteiger charge is 2.42. The molecule has 0 unspecified atom stereocenters. The van der Waals surface area contributed by atoms with E-state index in [4.69, 9.17) is 13.9 Å². The van der Waals surface area contributed by atoms with Crippen molar-refractivity contribution in [3.8, 4) is 22.9 Å². The lowest BCUT2D eigenvalue weighted by Crippen LogP contribution is -2.40. The van der Waals surface area contributed by atoms with Gasteiger partial charge in [0.1, 0.15) is 5.76 Å². The van der Waals surface area contributed by atoms with Gasteiger partial charge in [0.25, 0.3) is 5.79 Å². The monoisotopic (exact) mass is 440 g/mol.